The van der Waals surface area contributed by atoms with Gasteiger partial charge >= 0.3 is 0 Å². The van der Waals surface area contributed by atoms with E-state index in [1.165, 1.54) is 25.6 Å². The van der Waals surface area contributed by atoms with Crippen LogP contribution in [0.1, 0.15) is 0 Å². The van der Waals surface area contributed by atoms with E-state index in [1.807, 2.05) is 0 Å². The molecule has 1 heterocycles. The highest BCUT2D eigenvalue weighted by Crippen LogP contribution is 2.36. The van der Waals surface area contributed by atoms with E-state index in [4.69, 9.17) is 16.2 Å². The summed E-state index contributed by atoms with van der Waals surface area (Å²) in [6.07, 6.45) is 1.36. The van der Waals surface area contributed by atoms with E-state index < -0.39 is 5.82 Å². The van der Waals surface area contributed by atoms with E-state index in [2.05, 4.69) is 9.97 Å². The van der Waals surface area contributed by atoms with Crippen molar-refractivity contribution in [2.24, 2.45) is 0 Å². The predicted octanol–water partition coefficient (Wildman–Crippen LogP) is 2.61. The summed E-state index contributed by atoms with van der Waals surface area (Å²) < 4.78 is 18.8. The van der Waals surface area contributed by atoms with Crippen LogP contribution in [0.5, 0.6) is 5.75 Å². The first-order valence-corrected chi connectivity index (χ1v) is 6.24. The third-order valence-corrected chi connectivity index (χ3v) is 3.22. The molecule has 0 aliphatic carbocycles. The van der Waals surface area contributed by atoms with Gasteiger partial charge in [-0.25, -0.2) is 14.4 Å². The lowest BCUT2D eigenvalue weighted by molar-refractivity contribution is 0.416. The van der Waals surface area contributed by atoms with Gasteiger partial charge in [0.15, 0.2) is 0 Å². The Labute approximate surface area is 120 Å². The zero-order valence-corrected chi connectivity index (χ0v) is 11.3. The summed E-state index contributed by atoms with van der Waals surface area (Å²) in [6.45, 7) is 0. The van der Waals surface area contributed by atoms with Crippen molar-refractivity contribution in [3.8, 4) is 17.0 Å². The van der Waals surface area contributed by atoms with Crippen molar-refractivity contribution < 1.29 is 9.13 Å². The smallest absolute Gasteiger partial charge is 0.133 e. The van der Waals surface area contributed by atoms with Gasteiger partial charge in [-0.3, -0.25) is 0 Å². The molecule has 6 heteroatoms. The first-order chi connectivity index (χ1) is 10.1. The zero-order chi connectivity index (χ0) is 15.0. The molecule has 2 aromatic carbocycles. The van der Waals surface area contributed by atoms with Gasteiger partial charge in [-0.1, -0.05) is 0 Å². The molecule has 3 aromatic rings. The predicted molar refractivity (Wildman–Crippen MR) is 80.3 cm³/mol. The van der Waals surface area contributed by atoms with Gasteiger partial charge in [-0.15, -0.1) is 0 Å². The van der Waals surface area contributed by atoms with E-state index in [0.717, 1.165) is 0 Å². The van der Waals surface area contributed by atoms with Gasteiger partial charge in [0.1, 0.15) is 17.9 Å². The van der Waals surface area contributed by atoms with Gasteiger partial charge in [0, 0.05) is 29.1 Å². The fourth-order valence-electron chi connectivity index (χ4n) is 2.27. The molecule has 5 nitrogen and oxygen atoms in total. The average molecular weight is 284 g/mol. The summed E-state index contributed by atoms with van der Waals surface area (Å²) in [5, 5.41) is 0.596. The number of hydrogen-bond acceptors (Lipinski definition) is 5. The number of rotatable bonds is 2. The average Bonchev–Trinajstić information content (AvgIpc) is 2.48. The van der Waals surface area contributed by atoms with Crippen LogP contribution in [0.4, 0.5) is 15.8 Å². The second-order valence-corrected chi connectivity index (χ2v) is 4.57. The minimum Gasteiger partial charge on any atom is -0.496 e. The summed E-state index contributed by atoms with van der Waals surface area (Å²) in [6, 6.07) is 7.75. The van der Waals surface area contributed by atoms with Crippen molar-refractivity contribution in [3.05, 3.63) is 42.5 Å². The van der Waals surface area contributed by atoms with Crippen LogP contribution >= 0.6 is 0 Å². The number of hydrogen-bond donors (Lipinski definition) is 2. The molecule has 0 unspecified atom stereocenters. The quantitative estimate of drug-likeness (QED) is 0.706. The van der Waals surface area contributed by atoms with Crippen molar-refractivity contribution in [1.82, 2.24) is 9.97 Å². The summed E-state index contributed by atoms with van der Waals surface area (Å²) in [4.78, 5) is 8.35. The topological polar surface area (TPSA) is 87.0 Å². The molecule has 1 aromatic heterocycles. The van der Waals surface area contributed by atoms with Crippen molar-refractivity contribution in [2.75, 3.05) is 18.6 Å². The minimum atomic E-state index is -0.426. The molecule has 0 atom stereocenters. The summed E-state index contributed by atoms with van der Waals surface area (Å²) >= 11 is 0. The lowest BCUT2D eigenvalue weighted by atomic mass is 10.0. The maximum Gasteiger partial charge on any atom is 0.133 e. The Bertz CT molecular complexity index is 835. The number of nitrogens with zero attached hydrogens (tertiary/aromatic N) is 2. The van der Waals surface area contributed by atoms with Gasteiger partial charge in [-0.2, -0.15) is 0 Å². The Hall–Kier alpha value is -2.89. The molecule has 21 heavy (non-hydrogen) atoms. The molecule has 3 rings (SSSR count). The number of aromatic nitrogens is 2. The molecular formula is C15H13FN4O. The van der Waals surface area contributed by atoms with Gasteiger partial charge in [-0.05, 0) is 18.2 Å². The Balaban J connectivity index is 2.40. The van der Waals surface area contributed by atoms with Crippen LogP contribution in [0.3, 0.4) is 0 Å². The number of halogens is 1. The Morgan fingerprint density at radius 1 is 1.10 bits per heavy atom. The summed E-state index contributed by atoms with van der Waals surface area (Å²) in [5.74, 6) is -0.0769. The van der Waals surface area contributed by atoms with Crippen LogP contribution in [0, 0.1) is 5.82 Å². The molecule has 0 aliphatic heterocycles. The standard InChI is InChI=1S/C15H13FN4O/c1-21-13-5-8(16)4-12-14(13)15(20-7-19-12)10-6-9(17)2-3-11(10)18/h2-7H,17-18H2,1H3. The van der Waals surface area contributed by atoms with Crippen LogP contribution in [0.25, 0.3) is 22.2 Å². The molecule has 0 bridgehead atoms. The van der Waals surface area contributed by atoms with E-state index in [-0.39, 0.29) is 0 Å². The fourth-order valence-corrected chi connectivity index (χ4v) is 2.27. The Morgan fingerprint density at radius 2 is 1.90 bits per heavy atom. The number of ether oxygens (including phenoxy) is 1. The molecule has 0 amide bonds. The Kier molecular flexibility index (Phi) is 3.06. The van der Waals surface area contributed by atoms with Crippen LogP contribution < -0.4 is 16.2 Å². The van der Waals surface area contributed by atoms with E-state index in [0.29, 0.717) is 39.3 Å². The van der Waals surface area contributed by atoms with Crippen LogP contribution in [0.2, 0.25) is 0 Å². The highest BCUT2D eigenvalue weighted by atomic mass is 19.1. The second kappa shape index (κ2) is 4.90. The molecule has 0 fully saturated rings. The SMILES string of the molecule is COc1cc(F)cc2ncnc(-c3cc(N)ccc3N)c12. The zero-order valence-electron chi connectivity index (χ0n) is 11.3. The number of nitrogen functional groups attached to an aromatic ring is 2. The molecule has 0 aliphatic rings. The number of anilines is 2. The van der Waals surface area contributed by atoms with Crippen LogP contribution in [0.15, 0.2) is 36.7 Å². The lowest BCUT2D eigenvalue weighted by Crippen LogP contribution is -1.98. The van der Waals surface area contributed by atoms with Crippen LogP contribution in [-0.2, 0) is 0 Å². The first-order valence-electron chi connectivity index (χ1n) is 6.24. The highest BCUT2D eigenvalue weighted by Gasteiger charge is 2.15. The fraction of sp³-hybridized carbons (Fsp3) is 0.0667. The van der Waals surface area contributed by atoms with Crippen molar-refractivity contribution in [3.63, 3.8) is 0 Å². The normalized spacial score (nSPS) is 10.8. The van der Waals surface area contributed by atoms with Gasteiger partial charge in [0.2, 0.25) is 0 Å². The summed E-state index contributed by atoms with van der Waals surface area (Å²) in [5.41, 5.74) is 14.6. The lowest BCUT2D eigenvalue weighted by Gasteiger charge is -2.12. The number of fused-ring (bicyclic) bond motifs is 1. The van der Waals surface area contributed by atoms with Crippen molar-refractivity contribution >= 4 is 22.3 Å². The van der Waals surface area contributed by atoms with E-state index >= 15 is 0 Å². The second-order valence-electron chi connectivity index (χ2n) is 4.57. The minimum absolute atomic E-state index is 0.349. The van der Waals surface area contributed by atoms with Crippen molar-refractivity contribution in [2.45, 2.75) is 0 Å². The van der Waals surface area contributed by atoms with Gasteiger partial charge < -0.3 is 16.2 Å². The maximum absolute atomic E-state index is 13.6. The Morgan fingerprint density at radius 3 is 2.67 bits per heavy atom. The summed E-state index contributed by atoms with van der Waals surface area (Å²) in [7, 11) is 1.47. The molecule has 106 valence electrons. The molecule has 4 N–H and O–H groups in total. The molecule has 0 saturated heterocycles. The van der Waals surface area contributed by atoms with Crippen LogP contribution in [-0.4, -0.2) is 17.1 Å². The molecule has 0 radical (unpaired) electrons. The van der Waals surface area contributed by atoms with E-state index in [1.54, 1.807) is 18.2 Å². The van der Waals surface area contributed by atoms with Crippen molar-refractivity contribution in [1.29, 1.82) is 0 Å². The third kappa shape index (κ3) is 2.20. The highest BCUT2D eigenvalue weighted by molar-refractivity contribution is 5.99. The number of methoxy groups -OCH3 is 1. The first kappa shape index (κ1) is 13.1. The van der Waals surface area contributed by atoms with E-state index in [9.17, 15) is 4.39 Å². The maximum atomic E-state index is 13.6. The largest absolute Gasteiger partial charge is 0.496 e. The molecule has 0 spiro atoms. The van der Waals surface area contributed by atoms with Gasteiger partial charge in [0.05, 0.1) is 23.7 Å². The van der Waals surface area contributed by atoms with Gasteiger partial charge in [0.25, 0.3) is 0 Å². The monoisotopic (exact) mass is 284 g/mol. The molecule has 0 saturated carbocycles. The third-order valence-electron chi connectivity index (χ3n) is 3.22. The number of benzene rings is 2. The number of nitrogens with two attached hydrogens (primary N) is 2. The molecular weight excluding hydrogens is 271 g/mol.